The number of aromatic nitrogens is 1. The Bertz CT molecular complexity index is 543. The van der Waals surface area contributed by atoms with Crippen LogP contribution in [-0.4, -0.2) is 17.6 Å². The van der Waals surface area contributed by atoms with Crippen molar-refractivity contribution in [1.29, 1.82) is 0 Å². The van der Waals surface area contributed by atoms with Crippen molar-refractivity contribution in [2.24, 2.45) is 0 Å². The number of ether oxygens (including phenoxy) is 1. The second-order valence-electron chi connectivity index (χ2n) is 3.68. The third-order valence-electron chi connectivity index (χ3n) is 2.47. The van der Waals surface area contributed by atoms with E-state index in [1.807, 2.05) is 25.1 Å². The van der Waals surface area contributed by atoms with E-state index >= 15 is 0 Å². The Labute approximate surface area is 93.4 Å². The summed E-state index contributed by atoms with van der Waals surface area (Å²) in [7, 11) is 0. The van der Waals surface area contributed by atoms with Gasteiger partial charge in [0.2, 0.25) is 0 Å². The van der Waals surface area contributed by atoms with Crippen molar-refractivity contribution in [2.75, 3.05) is 12.3 Å². The topological polar surface area (TPSA) is 68.1 Å². The highest BCUT2D eigenvalue weighted by molar-refractivity contribution is 6.05. The summed E-state index contributed by atoms with van der Waals surface area (Å²) in [6.45, 7) is 4.09. The average Bonchev–Trinajstić information content (AvgIpc) is 2.56. The number of nitrogens with two attached hydrogens (primary N) is 1. The first-order valence-corrected chi connectivity index (χ1v) is 5.18. The van der Waals surface area contributed by atoms with Gasteiger partial charge in [0, 0.05) is 10.9 Å². The number of esters is 1. The normalized spacial score (nSPS) is 10.6. The lowest BCUT2D eigenvalue weighted by atomic mass is 10.1. The highest BCUT2D eigenvalue weighted by Crippen LogP contribution is 2.26. The van der Waals surface area contributed by atoms with Crippen molar-refractivity contribution in [1.82, 2.24) is 4.98 Å². The van der Waals surface area contributed by atoms with E-state index in [9.17, 15) is 4.79 Å². The van der Waals surface area contributed by atoms with E-state index in [2.05, 4.69) is 4.98 Å². The van der Waals surface area contributed by atoms with E-state index in [4.69, 9.17) is 10.5 Å². The van der Waals surface area contributed by atoms with Crippen molar-refractivity contribution in [3.63, 3.8) is 0 Å². The molecule has 2 aromatic rings. The number of fused-ring (bicyclic) bond motifs is 1. The van der Waals surface area contributed by atoms with Crippen LogP contribution >= 0.6 is 0 Å². The van der Waals surface area contributed by atoms with Gasteiger partial charge in [-0.3, -0.25) is 0 Å². The molecule has 4 nitrogen and oxygen atoms in total. The van der Waals surface area contributed by atoms with E-state index < -0.39 is 5.97 Å². The third-order valence-corrected chi connectivity index (χ3v) is 2.47. The van der Waals surface area contributed by atoms with Crippen LogP contribution in [0.5, 0.6) is 0 Å². The van der Waals surface area contributed by atoms with E-state index in [1.54, 1.807) is 6.92 Å². The van der Waals surface area contributed by atoms with Gasteiger partial charge in [0.15, 0.2) is 0 Å². The molecule has 0 bridgehead atoms. The molecule has 1 heterocycles. The molecule has 3 N–H and O–H groups in total. The number of aryl methyl sites for hydroxylation is 1. The third kappa shape index (κ3) is 1.62. The number of nitrogens with one attached hydrogen (secondary N) is 1. The molecule has 0 amide bonds. The summed E-state index contributed by atoms with van der Waals surface area (Å²) in [6, 6.07) is 5.81. The molecule has 0 fully saturated rings. The summed E-state index contributed by atoms with van der Waals surface area (Å²) >= 11 is 0. The van der Waals surface area contributed by atoms with Gasteiger partial charge in [-0.2, -0.15) is 0 Å². The van der Waals surface area contributed by atoms with Crippen LogP contribution < -0.4 is 5.73 Å². The second kappa shape index (κ2) is 3.89. The molecule has 4 heteroatoms. The summed E-state index contributed by atoms with van der Waals surface area (Å²) in [5.41, 5.74) is 8.65. The van der Waals surface area contributed by atoms with Crippen LogP contribution in [-0.2, 0) is 4.74 Å². The SMILES string of the molecule is CCOC(=O)c1[nH]c2cc(C)ccc2c1N. The Balaban J connectivity index is 2.55. The molecule has 0 saturated carbocycles. The molecule has 0 aliphatic carbocycles. The Hall–Kier alpha value is -1.97. The predicted octanol–water partition coefficient (Wildman–Crippen LogP) is 2.24. The number of nitrogen functional groups attached to an aromatic ring is 1. The zero-order chi connectivity index (χ0) is 11.7. The van der Waals surface area contributed by atoms with Gasteiger partial charge in [0.1, 0.15) is 5.69 Å². The van der Waals surface area contributed by atoms with Gasteiger partial charge >= 0.3 is 5.97 Å². The van der Waals surface area contributed by atoms with Gasteiger partial charge in [-0.15, -0.1) is 0 Å². The fourth-order valence-corrected chi connectivity index (χ4v) is 1.70. The molecule has 84 valence electrons. The Morgan fingerprint density at radius 3 is 2.94 bits per heavy atom. The van der Waals surface area contributed by atoms with Gasteiger partial charge in [-0.05, 0) is 25.5 Å². The van der Waals surface area contributed by atoms with E-state index in [0.717, 1.165) is 16.5 Å². The van der Waals surface area contributed by atoms with Crippen LogP contribution in [0.2, 0.25) is 0 Å². The summed E-state index contributed by atoms with van der Waals surface area (Å²) < 4.78 is 4.92. The number of carbonyl (C=O) groups excluding carboxylic acids is 1. The van der Waals surface area contributed by atoms with Crippen molar-refractivity contribution >= 4 is 22.6 Å². The standard InChI is InChI=1S/C12H14N2O2/c1-3-16-12(15)11-10(13)8-5-4-7(2)6-9(8)14-11/h4-6,14H,3,13H2,1-2H3. The minimum absolute atomic E-state index is 0.336. The van der Waals surface area contributed by atoms with E-state index in [-0.39, 0.29) is 0 Å². The summed E-state index contributed by atoms with van der Waals surface area (Å²) in [5.74, 6) is -0.408. The number of H-pyrrole nitrogens is 1. The number of benzene rings is 1. The molecule has 1 aromatic carbocycles. The molecule has 2 rings (SSSR count). The molecule has 0 unspecified atom stereocenters. The molecule has 16 heavy (non-hydrogen) atoms. The zero-order valence-electron chi connectivity index (χ0n) is 9.33. The monoisotopic (exact) mass is 218 g/mol. The quantitative estimate of drug-likeness (QED) is 0.759. The minimum Gasteiger partial charge on any atom is -0.461 e. The van der Waals surface area contributed by atoms with Crippen LogP contribution in [0.4, 0.5) is 5.69 Å². The molecule has 0 saturated heterocycles. The van der Waals surface area contributed by atoms with Gasteiger partial charge < -0.3 is 15.5 Å². The van der Waals surface area contributed by atoms with Crippen molar-refractivity contribution < 1.29 is 9.53 Å². The maximum absolute atomic E-state index is 11.6. The predicted molar refractivity (Wildman–Crippen MR) is 63.4 cm³/mol. The van der Waals surface area contributed by atoms with Gasteiger partial charge in [0.05, 0.1) is 12.3 Å². The van der Waals surface area contributed by atoms with Crippen molar-refractivity contribution in [3.05, 3.63) is 29.5 Å². The molecule has 0 aliphatic rings. The number of anilines is 1. The smallest absolute Gasteiger partial charge is 0.356 e. The largest absolute Gasteiger partial charge is 0.461 e. The summed E-state index contributed by atoms with van der Waals surface area (Å²) in [5, 5.41) is 0.855. The number of rotatable bonds is 2. The second-order valence-corrected chi connectivity index (χ2v) is 3.68. The number of carbonyl (C=O) groups is 1. The molecular weight excluding hydrogens is 204 g/mol. The average molecular weight is 218 g/mol. The molecule has 0 atom stereocenters. The molecule has 0 spiro atoms. The van der Waals surface area contributed by atoms with Gasteiger partial charge in [-0.25, -0.2) is 4.79 Å². The van der Waals surface area contributed by atoms with Crippen molar-refractivity contribution in [2.45, 2.75) is 13.8 Å². The Kier molecular flexibility index (Phi) is 2.56. The molecule has 1 aromatic heterocycles. The summed E-state index contributed by atoms with van der Waals surface area (Å²) in [4.78, 5) is 14.6. The number of hydrogen-bond donors (Lipinski definition) is 2. The van der Waals surface area contributed by atoms with E-state index in [0.29, 0.717) is 18.0 Å². The first kappa shape index (κ1) is 10.5. The lowest BCUT2D eigenvalue weighted by molar-refractivity contribution is 0.0522. The molecule has 0 radical (unpaired) electrons. The minimum atomic E-state index is -0.408. The van der Waals surface area contributed by atoms with Crippen molar-refractivity contribution in [3.8, 4) is 0 Å². The van der Waals surface area contributed by atoms with E-state index in [1.165, 1.54) is 0 Å². The fourth-order valence-electron chi connectivity index (χ4n) is 1.70. The Morgan fingerprint density at radius 1 is 1.50 bits per heavy atom. The van der Waals surface area contributed by atoms with Gasteiger partial charge in [-0.1, -0.05) is 12.1 Å². The lowest BCUT2D eigenvalue weighted by Gasteiger charge is -1.99. The highest BCUT2D eigenvalue weighted by Gasteiger charge is 2.16. The maximum atomic E-state index is 11.6. The van der Waals surface area contributed by atoms with Crippen LogP contribution in [0.25, 0.3) is 10.9 Å². The number of hydrogen-bond acceptors (Lipinski definition) is 3. The maximum Gasteiger partial charge on any atom is 0.356 e. The first-order valence-electron chi connectivity index (χ1n) is 5.18. The number of aromatic amines is 1. The van der Waals surface area contributed by atoms with Crippen LogP contribution in [0, 0.1) is 6.92 Å². The van der Waals surface area contributed by atoms with Gasteiger partial charge in [0.25, 0.3) is 0 Å². The first-order chi connectivity index (χ1) is 7.63. The highest BCUT2D eigenvalue weighted by atomic mass is 16.5. The van der Waals surface area contributed by atoms with Crippen LogP contribution in [0.15, 0.2) is 18.2 Å². The van der Waals surface area contributed by atoms with Crippen LogP contribution in [0.1, 0.15) is 23.0 Å². The fraction of sp³-hybridized carbons (Fsp3) is 0.250. The zero-order valence-corrected chi connectivity index (χ0v) is 9.33. The molecular formula is C12H14N2O2. The van der Waals surface area contributed by atoms with Crippen LogP contribution in [0.3, 0.4) is 0 Å². The Morgan fingerprint density at radius 2 is 2.25 bits per heavy atom. The lowest BCUT2D eigenvalue weighted by Crippen LogP contribution is -2.07. The summed E-state index contributed by atoms with van der Waals surface area (Å²) in [6.07, 6.45) is 0. The molecule has 0 aliphatic heterocycles.